The summed E-state index contributed by atoms with van der Waals surface area (Å²) in [6.07, 6.45) is 6.17. The highest BCUT2D eigenvalue weighted by atomic mass is 15.1. The van der Waals surface area contributed by atoms with E-state index in [0.717, 1.165) is 41.0 Å². The van der Waals surface area contributed by atoms with Gasteiger partial charge < -0.3 is 10.3 Å². The minimum atomic E-state index is 0.528. The van der Waals surface area contributed by atoms with Gasteiger partial charge in [0.15, 0.2) is 0 Å². The summed E-state index contributed by atoms with van der Waals surface area (Å²) < 4.78 is 2.22. The zero-order valence-electron chi connectivity index (χ0n) is 11.5. The first-order valence-corrected chi connectivity index (χ1v) is 6.78. The Kier molecular flexibility index (Phi) is 3.43. The molecule has 1 aromatic carbocycles. The van der Waals surface area contributed by atoms with Crippen molar-refractivity contribution in [1.29, 1.82) is 0 Å². The summed E-state index contributed by atoms with van der Waals surface area (Å²) >= 11 is 0. The smallest absolute Gasteiger partial charge is 0.144 e. The molecule has 0 aliphatic carbocycles. The highest BCUT2D eigenvalue weighted by Crippen LogP contribution is 2.25. The van der Waals surface area contributed by atoms with Crippen LogP contribution in [0.2, 0.25) is 0 Å². The molecule has 0 fully saturated rings. The lowest BCUT2D eigenvalue weighted by atomic mass is 10.2. The van der Waals surface area contributed by atoms with Crippen LogP contribution in [0.4, 0.5) is 0 Å². The quantitative estimate of drug-likeness (QED) is 0.787. The molecule has 0 aliphatic heterocycles. The van der Waals surface area contributed by atoms with Gasteiger partial charge in [-0.25, -0.2) is 15.0 Å². The van der Waals surface area contributed by atoms with E-state index in [1.165, 1.54) is 6.33 Å². The molecule has 2 aromatic heterocycles. The van der Waals surface area contributed by atoms with Gasteiger partial charge in [-0.15, -0.1) is 0 Å². The zero-order valence-corrected chi connectivity index (χ0v) is 11.5. The maximum Gasteiger partial charge on any atom is 0.144 e. The Morgan fingerprint density at radius 2 is 2.00 bits per heavy atom. The van der Waals surface area contributed by atoms with Crippen LogP contribution in [0.5, 0.6) is 0 Å². The average molecular weight is 267 g/mol. The number of rotatable bonds is 4. The van der Waals surface area contributed by atoms with E-state index in [2.05, 4.69) is 39.7 Å². The van der Waals surface area contributed by atoms with Gasteiger partial charge >= 0.3 is 0 Å². The van der Waals surface area contributed by atoms with Gasteiger partial charge in [0, 0.05) is 25.5 Å². The van der Waals surface area contributed by atoms with E-state index in [9.17, 15) is 0 Å². The van der Waals surface area contributed by atoms with Crippen molar-refractivity contribution in [2.45, 2.75) is 26.4 Å². The van der Waals surface area contributed by atoms with E-state index in [-0.39, 0.29) is 0 Å². The van der Waals surface area contributed by atoms with Gasteiger partial charge in [-0.2, -0.15) is 0 Å². The van der Waals surface area contributed by atoms with Gasteiger partial charge in [0.25, 0.3) is 0 Å². The van der Waals surface area contributed by atoms with Gasteiger partial charge in [-0.05, 0) is 24.1 Å². The Labute approximate surface area is 117 Å². The van der Waals surface area contributed by atoms with Crippen LogP contribution in [0.25, 0.3) is 22.4 Å². The number of nitrogens with two attached hydrogens (primary N) is 1. The van der Waals surface area contributed by atoms with Gasteiger partial charge in [0.2, 0.25) is 0 Å². The second kappa shape index (κ2) is 5.38. The first-order chi connectivity index (χ1) is 9.83. The van der Waals surface area contributed by atoms with E-state index in [1.807, 2.05) is 0 Å². The number of aryl methyl sites for hydroxylation is 1. The normalized spacial score (nSPS) is 11.1. The highest BCUT2D eigenvalue weighted by Gasteiger charge is 2.12. The van der Waals surface area contributed by atoms with E-state index >= 15 is 0 Å². The minimum absolute atomic E-state index is 0.528. The van der Waals surface area contributed by atoms with Gasteiger partial charge in [0.05, 0.1) is 16.6 Å². The van der Waals surface area contributed by atoms with Crippen molar-refractivity contribution in [3.05, 3.63) is 42.5 Å². The number of benzene rings is 1. The largest absolute Gasteiger partial charge is 0.326 e. The summed E-state index contributed by atoms with van der Waals surface area (Å²) in [7, 11) is 0. The second-order valence-corrected chi connectivity index (χ2v) is 4.74. The number of imidazole rings is 1. The van der Waals surface area contributed by atoms with Crippen LogP contribution in [0.3, 0.4) is 0 Å². The van der Waals surface area contributed by atoms with Crippen molar-refractivity contribution in [2.75, 3.05) is 0 Å². The molecule has 2 N–H and O–H groups in total. The standard InChI is InChI=1S/C15H17N5/c1-2-5-20-14-4-3-11(7-16)6-13(14)19-15(20)12-8-17-10-18-9-12/h3-4,6,8-10H,2,5,7,16H2,1H3. The number of hydrogen-bond acceptors (Lipinski definition) is 4. The Morgan fingerprint density at radius 1 is 1.20 bits per heavy atom. The number of fused-ring (bicyclic) bond motifs is 1. The SMILES string of the molecule is CCCn1c(-c2cncnc2)nc2cc(CN)ccc21. The molecule has 0 radical (unpaired) electrons. The van der Waals surface area contributed by atoms with E-state index in [0.29, 0.717) is 6.54 Å². The summed E-state index contributed by atoms with van der Waals surface area (Å²) in [5, 5.41) is 0. The minimum Gasteiger partial charge on any atom is -0.326 e. The summed E-state index contributed by atoms with van der Waals surface area (Å²) in [6.45, 7) is 3.61. The fraction of sp³-hybridized carbons (Fsp3) is 0.267. The third kappa shape index (κ3) is 2.16. The monoisotopic (exact) mass is 267 g/mol. The molecule has 3 rings (SSSR count). The van der Waals surface area contributed by atoms with Crippen LogP contribution >= 0.6 is 0 Å². The molecule has 0 bridgehead atoms. The van der Waals surface area contributed by atoms with Crippen LogP contribution < -0.4 is 5.73 Å². The molecular formula is C15H17N5. The Bertz CT molecular complexity index is 718. The van der Waals surface area contributed by atoms with Crippen molar-refractivity contribution in [3.8, 4) is 11.4 Å². The Hall–Kier alpha value is -2.27. The molecule has 0 amide bonds. The van der Waals surface area contributed by atoms with Gasteiger partial charge in [-0.1, -0.05) is 13.0 Å². The third-order valence-corrected chi connectivity index (χ3v) is 3.31. The van der Waals surface area contributed by atoms with E-state index in [1.54, 1.807) is 12.4 Å². The topological polar surface area (TPSA) is 69.6 Å². The number of nitrogens with zero attached hydrogens (tertiary/aromatic N) is 4. The fourth-order valence-corrected chi connectivity index (χ4v) is 2.39. The van der Waals surface area contributed by atoms with Gasteiger partial charge in [0.1, 0.15) is 12.2 Å². The van der Waals surface area contributed by atoms with Crippen molar-refractivity contribution >= 4 is 11.0 Å². The lowest BCUT2D eigenvalue weighted by Crippen LogP contribution is -2.00. The molecule has 0 saturated heterocycles. The molecule has 102 valence electrons. The van der Waals surface area contributed by atoms with E-state index < -0.39 is 0 Å². The van der Waals surface area contributed by atoms with Crippen molar-refractivity contribution < 1.29 is 0 Å². The average Bonchev–Trinajstić information content (AvgIpc) is 2.86. The fourth-order valence-electron chi connectivity index (χ4n) is 2.39. The zero-order chi connectivity index (χ0) is 13.9. The summed E-state index contributed by atoms with van der Waals surface area (Å²) in [6, 6.07) is 6.20. The third-order valence-electron chi connectivity index (χ3n) is 3.31. The Balaban J connectivity index is 2.22. The predicted molar refractivity (Wildman–Crippen MR) is 78.9 cm³/mol. The predicted octanol–water partition coefficient (Wildman–Crippen LogP) is 2.36. The number of hydrogen-bond donors (Lipinski definition) is 1. The maximum absolute atomic E-state index is 5.70. The molecule has 0 saturated carbocycles. The van der Waals surface area contributed by atoms with Crippen molar-refractivity contribution in [2.24, 2.45) is 5.73 Å². The van der Waals surface area contributed by atoms with Crippen molar-refractivity contribution in [1.82, 2.24) is 19.5 Å². The van der Waals surface area contributed by atoms with Crippen LogP contribution in [0.15, 0.2) is 36.9 Å². The maximum atomic E-state index is 5.70. The summed E-state index contributed by atoms with van der Waals surface area (Å²) in [5.74, 6) is 0.914. The van der Waals surface area contributed by atoms with Crippen LogP contribution in [0.1, 0.15) is 18.9 Å². The van der Waals surface area contributed by atoms with Crippen LogP contribution in [0, 0.1) is 0 Å². The first-order valence-electron chi connectivity index (χ1n) is 6.78. The molecule has 3 aromatic rings. The molecule has 0 unspecified atom stereocenters. The lowest BCUT2D eigenvalue weighted by molar-refractivity contribution is 0.703. The van der Waals surface area contributed by atoms with Crippen molar-refractivity contribution in [3.63, 3.8) is 0 Å². The molecule has 0 aliphatic rings. The molecule has 0 spiro atoms. The molecule has 5 nitrogen and oxygen atoms in total. The van der Waals surface area contributed by atoms with Crippen LogP contribution in [-0.2, 0) is 13.1 Å². The molecule has 2 heterocycles. The number of aromatic nitrogens is 4. The Morgan fingerprint density at radius 3 is 2.70 bits per heavy atom. The molecular weight excluding hydrogens is 250 g/mol. The van der Waals surface area contributed by atoms with Crippen LogP contribution in [-0.4, -0.2) is 19.5 Å². The van der Waals surface area contributed by atoms with Gasteiger partial charge in [-0.3, -0.25) is 0 Å². The second-order valence-electron chi connectivity index (χ2n) is 4.74. The lowest BCUT2D eigenvalue weighted by Gasteiger charge is -2.07. The molecule has 20 heavy (non-hydrogen) atoms. The molecule has 0 atom stereocenters. The molecule has 5 heteroatoms. The summed E-state index contributed by atoms with van der Waals surface area (Å²) in [5.41, 5.74) is 9.83. The summed E-state index contributed by atoms with van der Waals surface area (Å²) in [4.78, 5) is 12.9. The first kappa shape index (κ1) is 12.7. The highest BCUT2D eigenvalue weighted by molar-refractivity contribution is 5.81. The van der Waals surface area contributed by atoms with E-state index in [4.69, 9.17) is 10.7 Å².